The number of nitrogens with zero attached hydrogens (tertiary/aromatic N) is 1. The van der Waals surface area contributed by atoms with Gasteiger partial charge in [0.15, 0.2) is 5.96 Å². The molecule has 0 bridgehead atoms. The van der Waals surface area contributed by atoms with Crippen molar-refractivity contribution >= 4 is 5.96 Å². The highest BCUT2D eigenvalue weighted by Crippen LogP contribution is 2.14. The highest BCUT2D eigenvalue weighted by atomic mass is 16.5. The lowest BCUT2D eigenvalue weighted by atomic mass is 10.0. The lowest BCUT2D eigenvalue weighted by Crippen LogP contribution is -2.40. The second-order valence-corrected chi connectivity index (χ2v) is 5.87. The van der Waals surface area contributed by atoms with Gasteiger partial charge >= 0.3 is 0 Å². The van der Waals surface area contributed by atoms with Gasteiger partial charge in [-0.2, -0.15) is 0 Å². The number of rotatable bonds is 8. The third kappa shape index (κ3) is 5.99. The molecule has 2 aromatic rings. The number of aliphatic imine (C=N–C) groups is 1. The third-order valence-corrected chi connectivity index (χ3v) is 3.83. The molecule has 0 saturated heterocycles. The molecule has 0 saturated carbocycles. The zero-order valence-electron chi connectivity index (χ0n) is 14.7. The van der Waals surface area contributed by atoms with Crippen molar-refractivity contribution in [2.45, 2.75) is 19.8 Å². The molecule has 0 spiro atoms. The van der Waals surface area contributed by atoms with Gasteiger partial charge in [0.25, 0.3) is 0 Å². The van der Waals surface area contributed by atoms with E-state index in [4.69, 9.17) is 9.15 Å². The van der Waals surface area contributed by atoms with Gasteiger partial charge in [-0.1, -0.05) is 19.1 Å². The van der Waals surface area contributed by atoms with E-state index in [1.165, 1.54) is 5.56 Å². The van der Waals surface area contributed by atoms with E-state index in [0.29, 0.717) is 5.92 Å². The molecule has 0 aliphatic heterocycles. The largest absolute Gasteiger partial charge is 0.497 e. The Morgan fingerprint density at radius 2 is 2.00 bits per heavy atom. The fourth-order valence-electron chi connectivity index (χ4n) is 2.49. The molecule has 1 aromatic carbocycles. The molecule has 1 unspecified atom stereocenters. The van der Waals surface area contributed by atoms with E-state index in [9.17, 15) is 0 Å². The van der Waals surface area contributed by atoms with Gasteiger partial charge < -0.3 is 19.8 Å². The first-order chi connectivity index (χ1) is 11.7. The molecule has 2 rings (SSSR count). The van der Waals surface area contributed by atoms with Crippen LogP contribution in [0.1, 0.15) is 18.2 Å². The normalized spacial score (nSPS) is 12.7. The number of methoxy groups -OCH3 is 1. The van der Waals surface area contributed by atoms with Crippen LogP contribution in [0.3, 0.4) is 0 Å². The Morgan fingerprint density at radius 1 is 1.21 bits per heavy atom. The monoisotopic (exact) mass is 329 g/mol. The Morgan fingerprint density at radius 3 is 2.62 bits per heavy atom. The summed E-state index contributed by atoms with van der Waals surface area (Å²) in [6, 6.07) is 12.1. The molecule has 0 amide bonds. The van der Waals surface area contributed by atoms with Crippen molar-refractivity contribution in [2.75, 3.05) is 27.2 Å². The molecule has 0 aliphatic rings. The van der Waals surface area contributed by atoms with E-state index < -0.39 is 0 Å². The predicted molar refractivity (Wildman–Crippen MR) is 97.6 cm³/mol. The molecule has 2 N–H and O–H groups in total. The van der Waals surface area contributed by atoms with E-state index >= 15 is 0 Å². The number of benzene rings is 1. The smallest absolute Gasteiger partial charge is 0.190 e. The highest BCUT2D eigenvalue weighted by molar-refractivity contribution is 5.79. The summed E-state index contributed by atoms with van der Waals surface area (Å²) in [6.45, 7) is 3.89. The quantitative estimate of drug-likeness (QED) is 0.577. The average Bonchev–Trinajstić information content (AvgIpc) is 3.12. The molecular weight excluding hydrogens is 302 g/mol. The van der Waals surface area contributed by atoms with Crippen molar-refractivity contribution in [3.05, 3.63) is 54.0 Å². The van der Waals surface area contributed by atoms with Gasteiger partial charge in [0.1, 0.15) is 11.5 Å². The van der Waals surface area contributed by atoms with Crippen LogP contribution < -0.4 is 15.4 Å². The van der Waals surface area contributed by atoms with Crippen LogP contribution >= 0.6 is 0 Å². The van der Waals surface area contributed by atoms with Crippen LogP contribution in [0.2, 0.25) is 0 Å². The Labute approximate surface area is 144 Å². The van der Waals surface area contributed by atoms with E-state index in [2.05, 4.69) is 34.7 Å². The van der Waals surface area contributed by atoms with E-state index in [-0.39, 0.29) is 0 Å². The Bertz CT molecular complexity index is 606. The van der Waals surface area contributed by atoms with Crippen molar-refractivity contribution < 1.29 is 9.15 Å². The van der Waals surface area contributed by atoms with Crippen LogP contribution in [0, 0.1) is 5.92 Å². The van der Waals surface area contributed by atoms with Gasteiger partial charge in [-0.15, -0.1) is 0 Å². The zero-order valence-corrected chi connectivity index (χ0v) is 14.7. The lowest BCUT2D eigenvalue weighted by Gasteiger charge is -2.16. The number of ether oxygens (including phenoxy) is 1. The summed E-state index contributed by atoms with van der Waals surface area (Å²) in [5, 5.41) is 6.68. The molecule has 1 aromatic heterocycles. The van der Waals surface area contributed by atoms with Crippen molar-refractivity contribution in [1.82, 2.24) is 10.6 Å². The predicted octanol–water partition coefficient (Wildman–Crippen LogP) is 2.87. The standard InChI is InChI=1S/C19H27N3O2/c1-15(13-16-6-8-17(23-3)9-7-16)14-22-19(20-2)21-11-10-18-5-4-12-24-18/h4-9,12,15H,10-11,13-14H2,1-3H3,(H2,20,21,22). The second-order valence-electron chi connectivity index (χ2n) is 5.87. The SMILES string of the molecule is CN=C(NCCc1ccco1)NCC(C)Cc1ccc(OC)cc1. The average molecular weight is 329 g/mol. The zero-order chi connectivity index (χ0) is 17.2. The first kappa shape index (κ1) is 17.9. The van der Waals surface area contributed by atoms with Crippen molar-refractivity contribution in [2.24, 2.45) is 10.9 Å². The summed E-state index contributed by atoms with van der Waals surface area (Å²) in [5.41, 5.74) is 1.31. The summed E-state index contributed by atoms with van der Waals surface area (Å²) in [4.78, 5) is 4.26. The molecular formula is C19H27N3O2. The van der Waals surface area contributed by atoms with E-state index in [1.54, 1.807) is 20.4 Å². The molecule has 0 aliphatic carbocycles. The number of hydrogen-bond acceptors (Lipinski definition) is 3. The minimum Gasteiger partial charge on any atom is -0.497 e. The van der Waals surface area contributed by atoms with Crippen LogP contribution in [0.15, 0.2) is 52.1 Å². The first-order valence-corrected chi connectivity index (χ1v) is 8.31. The maximum absolute atomic E-state index is 5.32. The van der Waals surface area contributed by atoms with Crippen molar-refractivity contribution in [3.8, 4) is 5.75 Å². The van der Waals surface area contributed by atoms with Gasteiger partial charge in [-0.05, 0) is 42.2 Å². The topological polar surface area (TPSA) is 58.8 Å². The fraction of sp³-hybridized carbons (Fsp3) is 0.421. The van der Waals surface area contributed by atoms with Crippen LogP contribution in [0.4, 0.5) is 0 Å². The molecule has 5 nitrogen and oxygen atoms in total. The molecule has 24 heavy (non-hydrogen) atoms. The maximum Gasteiger partial charge on any atom is 0.190 e. The summed E-state index contributed by atoms with van der Waals surface area (Å²) in [5.74, 6) is 3.20. The molecule has 0 radical (unpaired) electrons. The third-order valence-electron chi connectivity index (χ3n) is 3.83. The van der Waals surface area contributed by atoms with E-state index in [1.807, 2.05) is 24.3 Å². The maximum atomic E-state index is 5.32. The van der Waals surface area contributed by atoms with Gasteiger partial charge in [-0.3, -0.25) is 4.99 Å². The summed E-state index contributed by atoms with van der Waals surface area (Å²) >= 11 is 0. The summed E-state index contributed by atoms with van der Waals surface area (Å²) in [6.07, 6.45) is 3.55. The fourth-order valence-corrected chi connectivity index (χ4v) is 2.49. The number of nitrogens with one attached hydrogen (secondary N) is 2. The van der Waals surface area contributed by atoms with Gasteiger partial charge in [0.2, 0.25) is 0 Å². The van der Waals surface area contributed by atoms with Gasteiger partial charge in [-0.25, -0.2) is 0 Å². The summed E-state index contributed by atoms with van der Waals surface area (Å²) in [7, 11) is 3.47. The van der Waals surface area contributed by atoms with Crippen LogP contribution in [-0.2, 0) is 12.8 Å². The van der Waals surface area contributed by atoms with Gasteiger partial charge in [0, 0.05) is 26.6 Å². The van der Waals surface area contributed by atoms with Crippen LogP contribution in [0.5, 0.6) is 5.75 Å². The molecule has 0 fully saturated rings. The second kappa shape index (κ2) is 9.65. The van der Waals surface area contributed by atoms with Gasteiger partial charge in [0.05, 0.1) is 13.4 Å². The number of hydrogen-bond donors (Lipinski definition) is 2. The highest BCUT2D eigenvalue weighted by Gasteiger charge is 2.06. The first-order valence-electron chi connectivity index (χ1n) is 8.31. The molecule has 5 heteroatoms. The van der Waals surface area contributed by atoms with Crippen molar-refractivity contribution in [3.63, 3.8) is 0 Å². The lowest BCUT2D eigenvalue weighted by molar-refractivity contribution is 0.414. The van der Waals surface area contributed by atoms with Crippen molar-refractivity contribution in [1.29, 1.82) is 0 Å². The molecule has 1 atom stereocenters. The Hall–Kier alpha value is -2.43. The minimum atomic E-state index is 0.502. The number of guanidine groups is 1. The number of furan rings is 1. The Balaban J connectivity index is 1.69. The minimum absolute atomic E-state index is 0.502. The molecule has 130 valence electrons. The molecule has 1 heterocycles. The Kier molecular flexibility index (Phi) is 7.21. The van der Waals surface area contributed by atoms with E-state index in [0.717, 1.165) is 43.4 Å². The summed E-state index contributed by atoms with van der Waals surface area (Å²) < 4.78 is 10.5. The van der Waals surface area contributed by atoms with Crippen LogP contribution in [0.25, 0.3) is 0 Å². The van der Waals surface area contributed by atoms with Crippen LogP contribution in [-0.4, -0.2) is 33.2 Å².